The average molecular weight is 437 g/mol. The number of anilines is 1. The predicted octanol–water partition coefficient (Wildman–Crippen LogP) is 6.43. The summed E-state index contributed by atoms with van der Waals surface area (Å²) in [6.45, 7) is 2.27. The molecule has 0 heterocycles. The lowest BCUT2D eigenvalue weighted by atomic mass is 10.1. The number of nitriles is 1. The number of carbonyl (C=O) groups is 1. The van der Waals surface area contributed by atoms with E-state index in [1.807, 2.05) is 43.3 Å². The van der Waals surface area contributed by atoms with Crippen LogP contribution in [0.2, 0.25) is 10.0 Å². The molecule has 0 radical (unpaired) electrons. The van der Waals surface area contributed by atoms with E-state index in [1.54, 1.807) is 36.4 Å². The normalized spacial score (nSPS) is 10.9. The van der Waals surface area contributed by atoms with Crippen LogP contribution >= 0.6 is 23.2 Å². The molecule has 1 N–H and O–H groups in total. The molecule has 0 aliphatic heterocycles. The van der Waals surface area contributed by atoms with Crippen LogP contribution in [0.15, 0.2) is 72.3 Å². The summed E-state index contributed by atoms with van der Waals surface area (Å²) in [5.74, 6) is 0.00941. The third-order valence-electron chi connectivity index (χ3n) is 4.22. The first-order valence-electron chi connectivity index (χ1n) is 9.11. The van der Waals surface area contributed by atoms with Crippen LogP contribution in [0.5, 0.6) is 5.75 Å². The Bertz CT molecular complexity index is 1130. The third-order valence-corrected chi connectivity index (χ3v) is 4.76. The lowest BCUT2D eigenvalue weighted by molar-refractivity contribution is -0.112. The highest BCUT2D eigenvalue weighted by Gasteiger charge is 2.11. The van der Waals surface area contributed by atoms with Crippen molar-refractivity contribution in [2.45, 2.75) is 13.5 Å². The Balaban J connectivity index is 1.70. The predicted molar refractivity (Wildman–Crippen MR) is 121 cm³/mol. The molecular formula is C24H18Cl2N2O2. The van der Waals surface area contributed by atoms with Crippen molar-refractivity contribution in [3.63, 3.8) is 0 Å². The maximum absolute atomic E-state index is 12.4. The van der Waals surface area contributed by atoms with Gasteiger partial charge in [0, 0.05) is 10.7 Å². The standard InChI is InChI=1S/C24H18Cl2N2O2/c1-16-5-8-21(9-6-16)28-24(29)19(14-27)11-17-7-10-23(22(26)13-17)30-15-18-3-2-4-20(25)12-18/h2-13H,15H2,1H3,(H,28,29)/b19-11+. The van der Waals surface area contributed by atoms with E-state index < -0.39 is 5.91 Å². The molecule has 3 aromatic rings. The fourth-order valence-corrected chi connectivity index (χ4v) is 3.12. The molecule has 30 heavy (non-hydrogen) atoms. The van der Waals surface area contributed by atoms with Gasteiger partial charge in [0.1, 0.15) is 24.0 Å². The number of rotatable bonds is 6. The molecule has 0 aliphatic carbocycles. The van der Waals surface area contributed by atoms with Gasteiger partial charge in [0.05, 0.1) is 5.02 Å². The summed E-state index contributed by atoms with van der Waals surface area (Å²) in [5.41, 5.74) is 3.21. The van der Waals surface area contributed by atoms with Crippen LogP contribution in [0.4, 0.5) is 5.69 Å². The highest BCUT2D eigenvalue weighted by atomic mass is 35.5. The molecule has 150 valence electrons. The molecule has 0 saturated carbocycles. The van der Waals surface area contributed by atoms with Crippen LogP contribution in [0.25, 0.3) is 6.08 Å². The maximum Gasteiger partial charge on any atom is 0.266 e. The van der Waals surface area contributed by atoms with Crippen LogP contribution in [-0.4, -0.2) is 5.91 Å². The Morgan fingerprint density at radius 3 is 2.53 bits per heavy atom. The van der Waals surface area contributed by atoms with Gasteiger partial charge in [0.2, 0.25) is 0 Å². The van der Waals surface area contributed by atoms with Crippen LogP contribution in [0.3, 0.4) is 0 Å². The molecule has 0 spiro atoms. The van der Waals surface area contributed by atoms with Gasteiger partial charge in [0.15, 0.2) is 0 Å². The third kappa shape index (κ3) is 5.87. The maximum atomic E-state index is 12.4. The Morgan fingerprint density at radius 2 is 1.87 bits per heavy atom. The summed E-state index contributed by atoms with van der Waals surface area (Å²) in [6, 6.07) is 21.7. The first-order valence-corrected chi connectivity index (χ1v) is 9.87. The molecule has 4 nitrogen and oxygen atoms in total. The average Bonchev–Trinajstić information content (AvgIpc) is 2.73. The van der Waals surface area contributed by atoms with Gasteiger partial charge < -0.3 is 10.1 Å². The molecule has 0 unspecified atom stereocenters. The van der Waals surface area contributed by atoms with Gasteiger partial charge >= 0.3 is 0 Å². The number of halogens is 2. The van der Waals surface area contributed by atoms with E-state index in [1.165, 1.54) is 6.08 Å². The first kappa shape index (κ1) is 21.4. The minimum Gasteiger partial charge on any atom is -0.487 e. The van der Waals surface area contributed by atoms with Crippen molar-refractivity contribution in [3.8, 4) is 11.8 Å². The van der Waals surface area contributed by atoms with Gasteiger partial charge in [-0.25, -0.2) is 0 Å². The minimum absolute atomic E-state index is 0.0285. The smallest absolute Gasteiger partial charge is 0.266 e. The molecule has 6 heteroatoms. The highest BCUT2D eigenvalue weighted by Crippen LogP contribution is 2.27. The summed E-state index contributed by atoms with van der Waals surface area (Å²) < 4.78 is 5.74. The van der Waals surface area contributed by atoms with Crippen LogP contribution in [0, 0.1) is 18.3 Å². The number of ether oxygens (including phenoxy) is 1. The van der Waals surface area contributed by atoms with Gasteiger partial charge in [-0.2, -0.15) is 5.26 Å². The van der Waals surface area contributed by atoms with E-state index in [4.69, 9.17) is 27.9 Å². The number of aryl methyl sites for hydroxylation is 1. The number of carbonyl (C=O) groups excluding carboxylic acids is 1. The van der Waals surface area contributed by atoms with Crippen molar-refractivity contribution in [2.24, 2.45) is 0 Å². The Hall–Kier alpha value is -3.26. The largest absolute Gasteiger partial charge is 0.487 e. The SMILES string of the molecule is Cc1ccc(NC(=O)/C(C#N)=C/c2ccc(OCc3cccc(Cl)c3)c(Cl)c2)cc1. The first-order chi connectivity index (χ1) is 14.4. The molecule has 1 amide bonds. The second-order valence-electron chi connectivity index (χ2n) is 6.60. The number of nitrogens with zero attached hydrogens (tertiary/aromatic N) is 1. The van der Waals surface area contributed by atoms with Gasteiger partial charge in [-0.05, 0) is 60.5 Å². The molecule has 3 rings (SSSR count). The zero-order valence-corrected chi connectivity index (χ0v) is 17.7. The summed E-state index contributed by atoms with van der Waals surface area (Å²) in [5, 5.41) is 13.1. The fraction of sp³-hybridized carbons (Fsp3) is 0.0833. The van der Waals surface area contributed by atoms with Crippen molar-refractivity contribution >= 4 is 40.9 Å². The van der Waals surface area contributed by atoms with E-state index >= 15 is 0 Å². The second kappa shape index (κ2) is 9.98. The molecule has 0 atom stereocenters. The van der Waals surface area contributed by atoms with Crippen LogP contribution < -0.4 is 10.1 Å². The van der Waals surface area contributed by atoms with Crippen LogP contribution in [-0.2, 0) is 11.4 Å². The zero-order chi connectivity index (χ0) is 21.5. The second-order valence-corrected chi connectivity index (χ2v) is 7.44. The Kier molecular flexibility index (Phi) is 7.13. The number of amides is 1. The molecule has 0 fully saturated rings. The highest BCUT2D eigenvalue weighted by molar-refractivity contribution is 6.32. The van der Waals surface area contributed by atoms with E-state index in [9.17, 15) is 10.1 Å². The van der Waals surface area contributed by atoms with E-state index in [0.29, 0.717) is 33.7 Å². The number of nitrogens with one attached hydrogen (secondary N) is 1. The molecule has 0 aromatic heterocycles. The zero-order valence-electron chi connectivity index (χ0n) is 16.2. The Labute approximate surface area is 185 Å². The topological polar surface area (TPSA) is 62.1 Å². The summed E-state index contributed by atoms with van der Waals surface area (Å²) >= 11 is 12.3. The molecular weight excluding hydrogens is 419 g/mol. The molecule has 3 aromatic carbocycles. The van der Waals surface area contributed by atoms with Gasteiger partial charge in [0.25, 0.3) is 5.91 Å². The van der Waals surface area contributed by atoms with Crippen molar-refractivity contribution in [3.05, 3.63) is 99.0 Å². The van der Waals surface area contributed by atoms with Gasteiger partial charge in [-0.1, -0.05) is 59.1 Å². The quantitative estimate of drug-likeness (QED) is 0.357. The van der Waals surface area contributed by atoms with E-state index in [0.717, 1.165) is 11.1 Å². The minimum atomic E-state index is -0.487. The van der Waals surface area contributed by atoms with Crippen molar-refractivity contribution in [1.82, 2.24) is 0 Å². The lowest BCUT2D eigenvalue weighted by Gasteiger charge is -2.09. The lowest BCUT2D eigenvalue weighted by Crippen LogP contribution is -2.13. The van der Waals surface area contributed by atoms with Crippen molar-refractivity contribution < 1.29 is 9.53 Å². The molecule has 0 bridgehead atoms. The Morgan fingerprint density at radius 1 is 1.10 bits per heavy atom. The summed E-state index contributed by atoms with van der Waals surface area (Å²) in [4.78, 5) is 12.4. The molecule has 0 saturated heterocycles. The van der Waals surface area contributed by atoms with E-state index in [-0.39, 0.29) is 5.57 Å². The summed E-state index contributed by atoms with van der Waals surface area (Å²) in [7, 11) is 0. The fourth-order valence-electron chi connectivity index (χ4n) is 2.66. The number of hydrogen-bond donors (Lipinski definition) is 1. The van der Waals surface area contributed by atoms with Crippen molar-refractivity contribution in [1.29, 1.82) is 5.26 Å². The number of benzene rings is 3. The van der Waals surface area contributed by atoms with Crippen molar-refractivity contribution in [2.75, 3.05) is 5.32 Å². The molecule has 0 aliphatic rings. The van der Waals surface area contributed by atoms with Crippen LogP contribution in [0.1, 0.15) is 16.7 Å². The summed E-state index contributed by atoms with van der Waals surface area (Å²) in [6.07, 6.45) is 1.48. The van der Waals surface area contributed by atoms with Gasteiger partial charge in [-0.3, -0.25) is 4.79 Å². The monoisotopic (exact) mass is 436 g/mol. The van der Waals surface area contributed by atoms with E-state index in [2.05, 4.69) is 5.32 Å². The number of hydrogen-bond acceptors (Lipinski definition) is 3. The van der Waals surface area contributed by atoms with Gasteiger partial charge in [-0.15, -0.1) is 0 Å².